The molecule has 0 radical (unpaired) electrons. The van der Waals surface area contributed by atoms with Gasteiger partial charge in [0.1, 0.15) is 0 Å². The summed E-state index contributed by atoms with van der Waals surface area (Å²) in [6.45, 7) is 0.514. The van der Waals surface area contributed by atoms with Crippen LogP contribution in [0.4, 0.5) is 0 Å². The minimum Gasteiger partial charge on any atom is -0.481 e. The van der Waals surface area contributed by atoms with Crippen molar-refractivity contribution in [3.63, 3.8) is 0 Å². The van der Waals surface area contributed by atoms with Gasteiger partial charge in [0.05, 0.1) is 11.8 Å². The molecule has 0 heterocycles. The molecule has 140 valence electrons. The van der Waals surface area contributed by atoms with E-state index in [0.29, 0.717) is 19.4 Å². The third-order valence-electron chi connectivity index (χ3n) is 5.22. The predicted octanol–water partition coefficient (Wildman–Crippen LogP) is 3.99. The lowest BCUT2D eigenvalue weighted by atomic mass is 9.82. The Kier molecular flexibility index (Phi) is 6.42. The van der Waals surface area contributed by atoms with Crippen molar-refractivity contribution in [1.82, 2.24) is 5.32 Å². The number of hydrogen-bond donors (Lipinski definition) is 2. The van der Waals surface area contributed by atoms with Crippen molar-refractivity contribution in [2.24, 2.45) is 11.8 Å². The Labute approximate surface area is 159 Å². The van der Waals surface area contributed by atoms with Crippen molar-refractivity contribution in [3.05, 3.63) is 83.9 Å². The second-order valence-electron chi connectivity index (χ2n) is 6.95. The molecule has 0 saturated carbocycles. The Morgan fingerprint density at radius 2 is 1.41 bits per heavy atom. The Bertz CT molecular complexity index is 746. The minimum absolute atomic E-state index is 0.161. The summed E-state index contributed by atoms with van der Waals surface area (Å²) in [7, 11) is 0. The molecule has 0 spiro atoms. The lowest BCUT2D eigenvalue weighted by Crippen LogP contribution is -2.39. The first-order chi connectivity index (χ1) is 13.2. The quantitative estimate of drug-likeness (QED) is 0.731. The summed E-state index contributed by atoms with van der Waals surface area (Å²) in [6.07, 6.45) is 5.43. The molecule has 0 fully saturated rings. The summed E-state index contributed by atoms with van der Waals surface area (Å²) in [5, 5.41) is 12.3. The second kappa shape index (κ2) is 9.17. The third-order valence-corrected chi connectivity index (χ3v) is 5.22. The van der Waals surface area contributed by atoms with Crippen molar-refractivity contribution in [3.8, 4) is 0 Å². The summed E-state index contributed by atoms with van der Waals surface area (Å²) in [4.78, 5) is 24.0. The molecule has 0 aromatic heterocycles. The highest BCUT2D eigenvalue weighted by Gasteiger charge is 2.33. The fraction of sp³-hybridized carbons (Fsp3) is 0.304. The number of carbonyl (C=O) groups is 2. The summed E-state index contributed by atoms with van der Waals surface area (Å²) in [6, 6.07) is 20.5. The van der Waals surface area contributed by atoms with Crippen LogP contribution < -0.4 is 5.32 Å². The van der Waals surface area contributed by atoms with E-state index in [0.717, 1.165) is 6.42 Å². The molecule has 1 aliphatic rings. The normalized spacial score (nSPS) is 19.0. The van der Waals surface area contributed by atoms with Crippen LogP contribution in [0.2, 0.25) is 0 Å². The summed E-state index contributed by atoms with van der Waals surface area (Å²) < 4.78 is 0. The average molecular weight is 363 g/mol. The van der Waals surface area contributed by atoms with E-state index in [-0.39, 0.29) is 11.8 Å². The van der Waals surface area contributed by atoms with Crippen LogP contribution in [0, 0.1) is 11.8 Å². The van der Waals surface area contributed by atoms with Gasteiger partial charge in [-0.05, 0) is 30.4 Å². The first kappa shape index (κ1) is 18.9. The van der Waals surface area contributed by atoms with Crippen LogP contribution in [-0.2, 0) is 9.59 Å². The Morgan fingerprint density at radius 1 is 0.889 bits per heavy atom. The smallest absolute Gasteiger partial charge is 0.307 e. The monoisotopic (exact) mass is 363 g/mol. The van der Waals surface area contributed by atoms with E-state index in [1.807, 2.05) is 48.6 Å². The van der Waals surface area contributed by atoms with Gasteiger partial charge in [-0.1, -0.05) is 72.8 Å². The second-order valence-corrected chi connectivity index (χ2v) is 6.95. The fourth-order valence-electron chi connectivity index (χ4n) is 3.74. The number of hydrogen-bond acceptors (Lipinski definition) is 2. The Balaban J connectivity index is 1.65. The highest BCUT2D eigenvalue weighted by Crippen LogP contribution is 2.28. The molecule has 0 unspecified atom stereocenters. The van der Waals surface area contributed by atoms with Crippen LogP contribution in [0.15, 0.2) is 72.8 Å². The lowest BCUT2D eigenvalue weighted by molar-refractivity contribution is -0.147. The zero-order valence-corrected chi connectivity index (χ0v) is 15.3. The minimum atomic E-state index is -0.897. The molecular formula is C23H25NO3. The molecule has 0 saturated heterocycles. The SMILES string of the molecule is O=C(NCCC(c1ccccc1)c1ccccc1)[C@H]1CC=CC[C@H]1C(=O)O. The summed E-state index contributed by atoms with van der Waals surface area (Å²) >= 11 is 0. The van der Waals surface area contributed by atoms with E-state index in [2.05, 4.69) is 29.6 Å². The Morgan fingerprint density at radius 3 is 1.93 bits per heavy atom. The molecule has 2 aromatic rings. The number of carbonyl (C=O) groups excluding carboxylic acids is 1. The number of aliphatic carboxylic acids is 1. The van der Waals surface area contributed by atoms with Gasteiger partial charge >= 0.3 is 5.97 Å². The first-order valence-electron chi connectivity index (χ1n) is 9.42. The molecule has 2 N–H and O–H groups in total. The highest BCUT2D eigenvalue weighted by molar-refractivity contribution is 5.85. The number of benzene rings is 2. The van der Waals surface area contributed by atoms with Crippen LogP contribution >= 0.6 is 0 Å². The molecule has 0 aliphatic heterocycles. The molecule has 0 bridgehead atoms. The molecule has 1 amide bonds. The molecule has 2 atom stereocenters. The Hall–Kier alpha value is -2.88. The molecule has 3 rings (SSSR count). The average Bonchev–Trinajstić information content (AvgIpc) is 2.72. The van der Waals surface area contributed by atoms with Crippen molar-refractivity contribution in [2.75, 3.05) is 6.54 Å². The molecule has 1 aliphatic carbocycles. The highest BCUT2D eigenvalue weighted by atomic mass is 16.4. The van der Waals surface area contributed by atoms with Gasteiger partial charge in [0.25, 0.3) is 0 Å². The zero-order valence-electron chi connectivity index (χ0n) is 15.3. The van der Waals surface area contributed by atoms with Gasteiger partial charge in [0.2, 0.25) is 5.91 Å². The van der Waals surface area contributed by atoms with Gasteiger partial charge < -0.3 is 10.4 Å². The van der Waals surface area contributed by atoms with Crippen molar-refractivity contribution in [2.45, 2.75) is 25.2 Å². The summed E-state index contributed by atoms with van der Waals surface area (Å²) in [5.41, 5.74) is 2.42. The molecule has 4 nitrogen and oxygen atoms in total. The largest absolute Gasteiger partial charge is 0.481 e. The van der Waals surface area contributed by atoms with Crippen molar-refractivity contribution in [1.29, 1.82) is 0 Å². The molecule has 4 heteroatoms. The van der Waals surface area contributed by atoms with E-state index >= 15 is 0 Å². The van der Waals surface area contributed by atoms with Crippen molar-refractivity contribution < 1.29 is 14.7 Å². The first-order valence-corrected chi connectivity index (χ1v) is 9.42. The van der Waals surface area contributed by atoms with Crippen LogP contribution in [0.25, 0.3) is 0 Å². The van der Waals surface area contributed by atoms with Crippen LogP contribution in [0.3, 0.4) is 0 Å². The standard InChI is InChI=1S/C23H25NO3/c25-22(20-13-7-8-14-21(20)23(26)27)24-16-15-19(17-9-3-1-4-10-17)18-11-5-2-6-12-18/h1-12,19-21H,13-16H2,(H,24,25)(H,26,27)/t20-,21+/m0/s1. The topological polar surface area (TPSA) is 66.4 Å². The number of carboxylic acids is 1. The van der Waals surface area contributed by atoms with E-state index in [1.54, 1.807) is 0 Å². The summed E-state index contributed by atoms with van der Waals surface area (Å²) in [5.74, 6) is -1.99. The van der Waals surface area contributed by atoms with Gasteiger partial charge in [0, 0.05) is 12.5 Å². The van der Waals surface area contributed by atoms with Crippen molar-refractivity contribution >= 4 is 11.9 Å². The number of nitrogens with one attached hydrogen (secondary N) is 1. The van der Waals surface area contributed by atoms with Gasteiger partial charge in [-0.2, -0.15) is 0 Å². The number of carboxylic acid groups (broad SMARTS) is 1. The molecule has 27 heavy (non-hydrogen) atoms. The number of rotatable bonds is 7. The van der Waals surface area contributed by atoms with Gasteiger partial charge in [-0.3, -0.25) is 9.59 Å². The maximum absolute atomic E-state index is 12.6. The maximum Gasteiger partial charge on any atom is 0.307 e. The van der Waals surface area contributed by atoms with Crippen LogP contribution in [0.1, 0.15) is 36.3 Å². The third kappa shape index (κ3) is 4.85. The molecule has 2 aromatic carbocycles. The zero-order chi connectivity index (χ0) is 19.1. The fourth-order valence-corrected chi connectivity index (χ4v) is 3.74. The van der Waals surface area contributed by atoms with Crippen LogP contribution in [-0.4, -0.2) is 23.5 Å². The number of allylic oxidation sites excluding steroid dienone is 2. The van der Waals surface area contributed by atoms with E-state index in [1.165, 1.54) is 11.1 Å². The maximum atomic E-state index is 12.6. The van der Waals surface area contributed by atoms with E-state index < -0.39 is 17.8 Å². The number of amides is 1. The van der Waals surface area contributed by atoms with E-state index in [4.69, 9.17) is 0 Å². The van der Waals surface area contributed by atoms with E-state index in [9.17, 15) is 14.7 Å². The predicted molar refractivity (Wildman–Crippen MR) is 105 cm³/mol. The van der Waals surface area contributed by atoms with Crippen LogP contribution in [0.5, 0.6) is 0 Å². The molecular weight excluding hydrogens is 338 g/mol. The lowest BCUT2D eigenvalue weighted by Gasteiger charge is -2.25. The van der Waals surface area contributed by atoms with Gasteiger partial charge in [-0.15, -0.1) is 0 Å². The van der Waals surface area contributed by atoms with Gasteiger partial charge in [0.15, 0.2) is 0 Å². The van der Waals surface area contributed by atoms with Gasteiger partial charge in [-0.25, -0.2) is 0 Å².